The third-order valence-corrected chi connectivity index (χ3v) is 4.09. The van der Waals surface area contributed by atoms with Gasteiger partial charge in [0.1, 0.15) is 0 Å². The van der Waals surface area contributed by atoms with E-state index in [4.69, 9.17) is 11.5 Å². The number of anilines is 3. The summed E-state index contributed by atoms with van der Waals surface area (Å²) >= 11 is 0. The van der Waals surface area contributed by atoms with Crippen LogP contribution in [-0.4, -0.2) is 44.8 Å². The molecular weight excluding hydrogens is 224 g/mol. The summed E-state index contributed by atoms with van der Waals surface area (Å²) in [6.45, 7) is 4.80. The second-order valence-electron chi connectivity index (χ2n) is 5.74. The fourth-order valence-electron chi connectivity index (χ4n) is 2.73. The molecule has 0 atom stereocenters. The van der Waals surface area contributed by atoms with Gasteiger partial charge in [-0.1, -0.05) is 0 Å². The van der Waals surface area contributed by atoms with Crippen LogP contribution in [0.25, 0.3) is 0 Å². The number of nitrogen functional groups attached to an aromatic ring is 2. The maximum absolute atomic E-state index is 6.00. The number of quaternary nitrogens is 1. The van der Waals surface area contributed by atoms with E-state index in [9.17, 15) is 0 Å². The Hall–Kier alpha value is -1.42. The van der Waals surface area contributed by atoms with Gasteiger partial charge in [0, 0.05) is 25.6 Å². The number of likely N-dealkylation sites (tertiary alicyclic amines) is 1. The molecule has 0 spiro atoms. The molecule has 0 radical (unpaired) electrons. The van der Waals surface area contributed by atoms with Crippen LogP contribution in [0.4, 0.5) is 17.1 Å². The van der Waals surface area contributed by atoms with Gasteiger partial charge in [0.25, 0.3) is 0 Å². The number of benzene rings is 1. The van der Waals surface area contributed by atoms with Crippen LogP contribution in [-0.2, 0) is 0 Å². The fraction of sp³-hybridized carbons (Fsp3) is 0.571. The number of hydrogen-bond acceptors (Lipinski definition) is 3. The highest BCUT2D eigenvalue weighted by molar-refractivity contribution is 5.71. The highest BCUT2D eigenvalue weighted by atomic mass is 15.4. The number of rotatable bonds is 4. The lowest BCUT2D eigenvalue weighted by molar-refractivity contribution is -0.896. The highest BCUT2D eigenvalue weighted by Crippen LogP contribution is 2.25. The largest absolute Gasteiger partial charge is 0.399 e. The van der Waals surface area contributed by atoms with Crippen molar-refractivity contribution in [3.8, 4) is 0 Å². The molecule has 1 saturated heterocycles. The molecule has 4 heteroatoms. The van der Waals surface area contributed by atoms with Crippen LogP contribution in [0.3, 0.4) is 0 Å². The third kappa shape index (κ3) is 2.88. The predicted molar refractivity (Wildman–Crippen MR) is 78.6 cm³/mol. The molecule has 1 aromatic rings. The summed E-state index contributed by atoms with van der Waals surface area (Å²) in [4.78, 5) is 2.22. The van der Waals surface area contributed by atoms with Crippen LogP contribution in [0.1, 0.15) is 12.8 Å². The van der Waals surface area contributed by atoms with Crippen molar-refractivity contribution in [2.45, 2.75) is 12.8 Å². The summed E-state index contributed by atoms with van der Waals surface area (Å²) in [5.41, 5.74) is 14.4. The first-order valence-corrected chi connectivity index (χ1v) is 6.70. The summed E-state index contributed by atoms with van der Waals surface area (Å²) in [6.07, 6.45) is 2.72. The molecule has 1 aromatic carbocycles. The van der Waals surface area contributed by atoms with Gasteiger partial charge in [0.15, 0.2) is 0 Å². The van der Waals surface area contributed by atoms with E-state index in [1.807, 2.05) is 18.2 Å². The van der Waals surface area contributed by atoms with E-state index >= 15 is 0 Å². The summed E-state index contributed by atoms with van der Waals surface area (Å²) < 4.78 is 1.19. The molecule has 0 amide bonds. The molecule has 0 saturated carbocycles. The van der Waals surface area contributed by atoms with Crippen molar-refractivity contribution in [3.63, 3.8) is 0 Å². The second kappa shape index (κ2) is 5.06. The molecule has 0 aromatic heterocycles. The van der Waals surface area contributed by atoms with Gasteiger partial charge in [-0.25, -0.2) is 0 Å². The minimum atomic E-state index is 0.771. The molecule has 2 rings (SSSR count). The standard InChI is InChI=1S/C14H25N4/c1-17(7-10-18(2)8-3-4-9-18)14-11-12(15)5-6-13(14)16/h5-6,11H,3-4,7-10,15-16H2,1-2H3/q+1. The highest BCUT2D eigenvalue weighted by Gasteiger charge is 2.26. The van der Waals surface area contributed by atoms with Gasteiger partial charge in [-0.05, 0) is 18.2 Å². The van der Waals surface area contributed by atoms with Gasteiger partial charge < -0.3 is 20.9 Å². The van der Waals surface area contributed by atoms with Crippen molar-refractivity contribution in [1.82, 2.24) is 0 Å². The molecule has 1 aliphatic rings. The lowest BCUT2D eigenvalue weighted by Gasteiger charge is -2.32. The number of nitrogens with two attached hydrogens (primary N) is 2. The zero-order valence-corrected chi connectivity index (χ0v) is 11.5. The van der Waals surface area contributed by atoms with Gasteiger partial charge in [0.2, 0.25) is 0 Å². The van der Waals surface area contributed by atoms with Crippen LogP contribution in [0.2, 0.25) is 0 Å². The summed E-state index contributed by atoms with van der Waals surface area (Å²) in [7, 11) is 4.44. The van der Waals surface area contributed by atoms with E-state index in [2.05, 4.69) is 19.0 Å². The van der Waals surface area contributed by atoms with Crippen LogP contribution in [0.15, 0.2) is 18.2 Å². The Balaban J connectivity index is 1.99. The van der Waals surface area contributed by atoms with E-state index in [1.54, 1.807) is 0 Å². The predicted octanol–water partition coefficient (Wildman–Crippen LogP) is 1.53. The molecule has 1 heterocycles. The minimum Gasteiger partial charge on any atom is -0.399 e. The zero-order chi connectivity index (χ0) is 13.2. The van der Waals surface area contributed by atoms with Crippen LogP contribution in [0, 0.1) is 0 Å². The molecule has 100 valence electrons. The van der Waals surface area contributed by atoms with E-state index in [-0.39, 0.29) is 0 Å². The maximum atomic E-state index is 6.00. The molecule has 4 N–H and O–H groups in total. The normalized spacial score (nSPS) is 17.9. The van der Waals surface area contributed by atoms with Gasteiger partial charge in [-0.15, -0.1) is 0 Å². The number of likely N-dealkylation sites (N-methyl/N-ethyl adjacent to an activating group) is 2. The third-order valence-electron chi connectivity index (χ3n) is 4.09. The Morgan fingerprint density at radius 3 is 2.56 bits per heavy atom. The van der Waals surface area contributed by atoms with Crippen molar-refractivity contribution >= 4 is 17.1 Å². The second-order valence-corrected chi connectivity index (χ2v) is 5.74. The smallest absolute Gasteiger partial charge is 0.0962 e. The number of hydrogen-bond donors (Lipinski definition) is 2. The topological polar surface area (TPSA) is 55.3 Å². The first kappa shape index (κ1) is 13.0. The van der Waals surface area contributed by atoms with E-state index in [0.717, 1.165) is 23.6 Å². The Morgan fingerprint density at radius 2 is 1.89 bits per heavy atom. The Morgan fingerprint density at radius 1 is 1.22 bits per heavy atom. The molecular formula is C14H25N4+. The average molecular weight is 249 g/mol. The van der Waals surface area contributed by atoms with Gasteiger partial charge in [-0.2, -0.15) is 0 Å². The van der Waals surface area contributed by atoms with Crippen molar-refractivity contribution in [2.75, 3.05) is 56.6 Å². The van der Waals surface area contributed by atoms with Crippen molar-refractivity contribution in [3.05, 3.63) is 18.2 Å². The molecule has 18 heavy (non-hydrogen) atoms. The molecule has 0 unspecified atom stereocenters. The molecule has 4 nitrogen and oxygen atoms in total. The lowest BCUT2D eigenvalue weighted by atomic mass is 10.2. The lowest BCUT2D eigenvalue weighted by Crippen LogP contribution is -2.45. The molecule has 0 aliphatic carbocycles. The Kier molecular flexibility index (Phi) is 3.66. The van der Waals surface area contributed by atoms with E-state index in [1.165, 1.54) is 37.0 Å². The van der Waals surface area contributed by atoms with Crippen LogP contribution >= 0.6 is 0 Å². The number of nitrogens with zero attached hydrogens (tertiary/aromatic N) is 2. The fourth-order valence-corrected chi connectivity index (χ4v) is 2.73. The minimum absolute atomic E-state index is 0.771. The van der Waals surface area contributed by atoms with Crippen LogP contribution < -0.4 is 16.4 Å². The van der Waals surface area contributed by atoms with E-state index in [0.29, 0.717) is 0 Å². The average Bonchev–Trinajstić information content (AvgIpc) is 2.77. The van der Waals surface area contributed by atoms with Crippen molar-refractivity contribution in [2.24, 2.45) is 0 Å². The monoisotopic (exact) mass is 249 g/mol. The summed E-state index contributed by atoms with van der Waals surface area (Å²) in [5.74, 6) is 0. The zero-order valence-electron chi connectivity index (χ0n) is 11.5. The summed E-state index contributed by atoms with van der Waals surface area (Å²) in [5, 5.41) is 0. The quantitative estimate of drug-likeness (QED) is 0.628. The maximum Gasteiger partial charge on any atom is 0.0962 e. The van der Waals surface area contributed by atoms with E-state index < -0.39 is 0 Å². The van der Waals surface area contributed by atoms with Crippen LogP contribution in [0.5, 0.6) is 0 Å². The first-order valence-electron chi connectivity index (χ1n) is 6.70. The summed E-state index contributed by atoms with van der Waals surface area (Å²) in [6, 6.07) is 5.69. The molecule has 0 bridgehead atoms. The van der Waals surface area contributed by atoms with Gasteiger partial charge >= 0.3 is 0 Å². The van der Waals surface area contributed by atoms with Gasteiger partial charge in [0.05, 0.1) is 44.6 Å². The van der Waals surface area contributed by atoms with Crippen molar-refractivity contribution in [1.29, 1.82) is 0 Å². The Bertz CT molecular complexity index is 410. The van der Waals surface area contributed by atoms with Gasteiger partial charge in [-0.3, -0.25) is 0 Å². The van der Waals surface area contributed by atoms with Crippen molar-refractivity contribution < 1.29 is 4.48 Å². The first-order chi connectivity index (χ1) is 8.50. The SMILES string of the molecule is CN(CC[N+]1(C)CCCC1)c1cc(N)ccc1N. The molecule has 1 aliphatic heterocycles. The Labute approximate surface area is 110 Å². The molecule has 1 fully saturated rings.